The number of ether oxygens (including phenoxy) is 1. The van der Waals surface area contributed by atoms with Gasteiger partial charge in [0, 0.05) is 10.5 Å². The number of hydrogen-bond acceptors (Lipinski definition) is 4. The molecule has 5 nitrogen and oxygen atoms in total. The molecular weight excluding hydrogens is 312 g/mol. The predicted octanol–water partition coefficient (Wildman–Crippen LogP) is 3.13. The Morgan fingerprint density at radius 3 is 2.84 bits per heavy atom. The van der Waals surface area contributed by atoms with Crippen LogP contribution in [0.4, 0.5) is 5.69 Å². The Hall–Kier alpha value is -1.14. The summed E-state index contributed by atoms with van der Waals surface area (Å²) >= 11 is 3.23. The second kappa shape index (κ2) is 6.86. The molecule has 1 aromatic rings. The first-order chi connectivity index (χ1) is 9.16. The second-order valence-corrected chi connectivity index (χ2v) is 5.62. The molecule has 0 amide bonds. The molecule has 0 spiro atoms. The number of halogens is 1. The molecule has 19 heavy (non-hydrogen) atoms. The number of nitro benzene ring substituents is 1. The maximum absolute atomic E-state index is 10.9. The minimum atomic E-state index is -0.412. The molecule has 1 heterocycles. The number of nitrogens with one attached hydrogen (secondary N) is 1. The third-order valence-corrected chi connectivity index (χ3v) is 3.85. The second-order valence-electron chi connectivity index (χ2n) is 4.70. The average Bonchev–Trinajstić information content (AvgIpc) is 2.41. The van der Waals surface area contributed by atoms with Crippen LogP contribution in [0.25, 0.3) is 0 Å². The third-order valence-electron chi connectivity index (χ3n) is 3.36. The van der Waals surface area contributed by atoms with Crippen molar-refractivity contribution in [2.45, 2.75) is 19.3 Å². The molecule has 0 radical (unpaired) electrons. The molecule has 1 fully saturated rings. The maximum atomic E-state index is 10.9. The van der Waals surface area contributed by atoms with E-state index in [0.717, 1.165) is 32.4 Å². The molecule has 1 N–H and O–H groups in total. The fourth-order valence-electron chi connectivity index (χ4n) is 2.26. The van der Waals surface area contributed by atoms with Crippen LogP contribution in [-0.4, -0.2) is 24.6 Å². The van der Waals surface area contributed by atoms with Crippen LogP contribution in [0.2, 0.25) is 0 Å². The molecule has 0 aromatic heterocycles. The predicted molar refractivity (Wildman–Crippen MR) is 76.5 cm³/mol. The molecule has 0 unspecified atom stereocenters. The lowest BCUT2D eigenvalue weighted by Gasteiger charge is -2.22. The van der Waals surface area contributed by atoms with Crippen LogP contribution in [0.5, 0.6) is 5.75 Å². The van der Waals surface area contributed by atoms with Crippen molar-refractivity contribution in [3.63, 3.8) is 0 Å². The van der Waals surface area contributed by atoms with E-state index in [-0.39, 0.29) is 5.69 Å². The highest BCUT2D eigenvalue weighted by Gasteiger charge is 2.17. The van der Waals surface area contributed by atoms with E-state index in [1.807, 2.05) is 0 Å². The molecule has 1 aromatic carbocycles. The van der Waals surface area contributed by atoms with E-state index in [9.17, 15) is 10.1 Å². The number of hydrogen-bond donors (Lipinski definition) is 1. The summed E-state index contributed by atoms with van der Waals surface area (Å²) in [7, 11) is 0. The Kier molecular flexibility index (Phi) is 5.15. The monoisotopic (exact) mass is 328 g/mol. The highest BCUT2D eigenvalue weighted by Crippen LogP contribution is 2.30. The van der Waals surface area contributed by atoms with Gasteiger partial charge in [0.15, 0.2) is 5.75 Å². The number of nitrogens with zero attached hydrogens (tertiary/aromatic N) is 1. The summed E-state index contributed by atoms with van der Waals surface area (Å²) in [6.07, 6.45) is 3.27. The molecule has 1 aliphatic heterocycles. The lowest BCUT2D eigenvalue weighted by Crippen LogP contribution is -2.28. The SMILES string of the molecule is O=[N+]([O-])c1cc(Br)ccc1OCCC1CCNCC1. The van der Waals surface area contributed by atoms with Gasteiger partial charge in [-0.3, -0.25) is 10.1 Å². The average molecular weight is 329 g/mol. The zero-order valence-electron chi connectivity index (χ0n) is 10.6. The highest BCUT2D eigenvalue weighted by molar-refractivity contribution is 9.10. The van der Waals surface area contributed by atoms with E-state index in [0.29, 0.717) is 22.7 Å². The van der Waals surface area contributed by atoms with Crippen LogP contribution >= 0.6 is 15.9 Å². The van der Waals surface area contributed by atoms with Crippen LogP contribution in [0.1, 0.15) is 19.3 Å². The number of piperidine rings is 1. The van der Waals surface area contributed by atoms with Crippen molar-refractivity contribution in [2.75, 3.05) is 19.7 Å². The Morgan fingerprint density at radius 1 is 1.42 bits per heavy atom. The van der Waals surface area contributed by atoms with Gasteiger partial charge in [0.25, 0.3) is 0 Å². The van der Waals surface area contributed by atoms with Gasteiger partial charge in [0.05, 0.1) is 11.5 Å². The molecule has 1 saturated heterocycles. The topological polar surface area (TPSA) is 64.4 Å². The Labute approximate surface area is 120 Å². The Morgan fingerprint density at radius 2 is 2.16 bits per heavy atom. The van der Waals surface area contributed by atoms with Crippen molar-refractivity contribution in [1.82, 2.24) is 5.32 Å². The largest absolute Gasteiger partial charge is 0.487 e. The molecule has 0 atom stereocenters. The first-order valence-corrected chi connectivity index (χ1v) is 7.23. The van der Waals surface area contributed by atoms with Gasteiger partial charge in [-0.05, 0) is 50.4 Å². The first-order valence-electron chi connectivity index (χ1n) is 6.44. The molecular formula is C13H17BrN2O3. The van der Waals surface area contributed by atoms with Gasteiger partial charge in [-0.15, -0.1) is 0 Å². The zero-order chi connectivity index (χ0) is 13.7. The van der Waals surface area contributed by atoms with E-state index in [1.165, 1.54) is 6.07 Å². The lowest BCUT2D eigenvalue weighted by atomic mass is 9.95. The fraction of sp³-hybridized carbons (Fsp3) is 0.538. The Bertz CT molecular complexity index is 448. The standard InChI is InChI=1S/C13H17BrN2O3/c14-11-1-2-13(12(9-11)16(17)18)19-8-5-10-3-6-15-7-4-10/h1-2,9-10,15H,3-8H2. The van der Waals surface area contributed by atoms with Crippen LogP contribution in [0, 0.1) is 16.0 Å². The Balaban J connectivity index is 1.89. The quantitative estimate of drug-likeness (QED) is 0.666. The first kappa shape index (κ1) is 14.3. The van der Waals surface area contributed by atoms with E-state index in [4.69, 9.17) is 4.74 Å². The van der Waals surface area contributed by atoms with Crippen LogP contribution in [-0.2, 0) is 0 Å². The summed E-state index contributed by atoms with van der Waals surface area (Å²) in [5.41, 5.74) is 0.0136. The molecule has 0 aliphatic carbocycles. The van der Waals surface area contributed by atoms with Gasteiger partial charge in [-0.25, -0.2) is 0 Å². The van der Waals surface area contributed by atoms with Gasteiger partial charge in [0.2, 0.25) is 0 Å². The van der Waals surface area contributed by atoms with Gasteiger partial charge in [-0.2, -0.15) is 0 Å². The van der Waals surface area contributed by atoms with Gasteiger partial charge in [-0.1, -0.05) is 15.9 Å². The third kappa shape index (κ3) is 4.18. The van der Waals surface area contributed by atoms with Gasteiger partial charge >= 0.3 is 5.69 Å². The van der Waals surface area contributed by atoms with E-state index in [2.05, 4.69) is 21.2 Å². The van der Waals surface area contributed by atoms with E-state index >= 15 is 0 Å². The summed E-state index contributed by atoms with van der Waals surface area (Å²) in [6.45, 7) is 2.65. The molecule has 1 aliphatic rings. The van der Waals surface area contributed by atoms with Crippen LogP contribution in [0.3, 0.4) is 0 Å². The van der Waals surface area contributed by atoms with E-state index < -0.39 is 4.92 Å². The highest BCUT2D eigenvalue weighted by atomic mass is 79.9. The van der Waals surface area contributed by atoms with E-state index in [1.54, 1.807) is 12.1 Å². The molecule has 0 bridgehead atoms. The number of rotatable bonds is 5. The summed E-state index contributed by atoms with van der Waals surface area (Å²) in [4.78, 5) is 10.5. The van der Waals surface area contributed by atoms with Crippen molar-refractivity contribution in [3.8, 4) is 5.75 Å². The zero-order valence-corrected chi connectivity index (χ0v) is 12.2. The number of nitro groups is 1. The van der Waals surface area contributed by atoms with Crippen molar-refractivity contribution >= 4 is 21.6 Å². The maximum Gasteiger partial charge on any atom is 0.312 e. The molecule has 104 valence electrons. The lowest BCUT2D eigenvalue weighted by molar-refractivity contribution is -0.386. The van der Waals surface area contributed by atoms with Gasteiger partial charge in [0.1, 0.15) is 0 Å². The fourth-order valence-corrected chi connectivity index (χ4v) is 2.61. The van der Waals surface area contributed by atoms with Crippen LogP contribution < -0.4 is 10.1 Å². The van der Waals surface area contributed by atoms with Gasteiger partial charge < -0.3 is 10.1 Å². The summed E-state index contributed by atoms with van der Waals surface area (Å²) in [6, 6.07) is 4.87. The summed E-state index contributed by atoms with van der Waals surface area (Å²) < 4.78 is 6.26. The van der Waals surface area contributed by atoms with Crippen LogP contribution in [0.15, 0.2) is 22.7 Å². The number of benzene rings is 1. The van der Waals surface area contributed by atoms with Crippen molar-refractivity contribution in [1.29, 1.82) is 0 Å². The summed E-state index contributed by atoms with van der Waals surface area (Å²) in [5.74, 6) is 1.01. The molecule has 0 saturated carbocycles. The molecule has 6 heteroatoms. The van der Waals surface area contributed by atoms with Crippen molar-refractivity contribution in [2.24, 2.45) is 5.92 Å². The minimum absolute atomic E-state index is 0.0136. The summed E-state index contributed by atoms with van der Waals surface area (Å²) in [5, 5.41) is 14.3. The minimum Gasteiger partial charge on any atom is -0.487 e. The van der Waals surface area contributed by atoms with Crippen molar-refractivity contribution in [3.05, 3.63) is 32.8 Å². The smallest absolute Gasteiger partial charge is 0.312 e. The molecule has 2 rings (SSSR count). The normalized spacial score (nSPS) is 16.3. The van der Waals surface area contributed by atoms with Crippen molar-refractivity contribution < 1.29 is 9.66 Å².